The van der Waals surface area contributed by atoms with Gasteiger partial charge in [0.15, 0.2) is 0 Å². The van der Waals surface area contributed by atoms with Crippen LogP contribution in [0.25, 0.3) is 0 Å². The minimum Gasteiger partial charge on any atom is -0.213 e. The summed E-state index contributed by atoms with van der Waals surface area (Å²) < 4.78 is 25.1. The Bertz CT molecular complexity index is 453. The van der Waals surface area contributed by atoms with E-state index in [9.17, 15) is 8.42 Å². The molecule has 1 aliphatic carbocycles. The maximum atomic E-state index is 11.2. The van der Waals surface area contributed by atoms with E-state index in [0.717, 1.165) is 24.8 Å². The van der Waals surface area contributed by atoms with E-state index in [4.69, 9.17) is 0 Å². The molecular formula is C11H15NO2S. The van der Waals surface area contributed by atoms with Crippen molar-refractivity contribution < 1.29 is 8.42 Å². The first kappa shape index (κ1) is 10.6. The Morgan fingerprint density at radius 3 is 2.80 bits per heavy atom. The molecule has 1 atom stereocenters. The third-order valence-corrected chi connectivity index (χ3v) is 3.44. The van der Waals surface area contributed by atoms with Gasteiger partial charge in [-0.2, -0.15) is 0 Å². The smallest absolute Gasteiger partial charge is 0.209 e. The van der Waals surface area contributed by atoms with Crippen LogP contribution in [-0.4, -0.2) is 14.7 Å². The lowest BCUT2D eigenvalue weighted by Crippen LogP contribution is -2.29. The summed E-state index contributed by atoms with van der Waals surface area (Å²) in [6, 6.07) is 8.01. The highest BCUT2D eigenvalue weighted by molar-refractivity contribution is 7.88. The predicted octanol–water partition coefficient (Wildman–Crippen LogP) is 1.61. The van der Waals surface area contributed by atoms with Crippen LogP contribution in [0.4, 0.5) is 0 Å². The molecule has 0 aliphatic heterocycles. The summed E-state index contributed by atoms with van der Waals surface area (Å²) in [5, 5.41) is 0. The summed E-state index contributed by atoms with van der Waals surface area (Å²) in [7, 11) is -3.12. The van der Waals surface area contributed by atoms with Crippen molar-refractivity contribution in [3.63, 3.8) is 0 Å². The van der Waals surface area contributed by atoms with Gasteiger partial charge >= 0.3 is 0 Å². The molecule has 1 N–H and O–H groups in total. The molecule has 4 heteroatoms. The second-order valence-electron chi connectivity index (χ2n) is 4.03. The van der Waals surface area contributed by atoms with Crippen molar-refractivity contribution in [1.29, 1.82) is 0 Å². The Morgan fingerprint density at radius 2 is 2.07 bits per heavy atom. The van der Waals surface area contributed by atoms with Crippen LogP contribution in [0.1, 0.15) is 30.0 Å². The van der Waals surface area contributed by atoms with Crippen molar-refractivity contribution in [3.05, 3.63) is 35.4 Å². The molecule has 0 bridgehead atoms. The Balaban J connectivity index is 2.30. The minimum absolute atomic E-state index is 0.0371. The summed E-state index contributed by atoms with van der Waals surface area (Å²) >= 11 is 0. The Morgan fingerprint density at radius 1 is 1.33 bits per heavy atom. The van der Waals surface area contributed by atoms with Crippen molar-refractivity contribution >= 4 is 10.0 Å². The van der Waals surface area contributed by atoms with E-state index < -0.39 is 10.0 Å². The largest absolute Gasteiger partial charge is 0.213 e. The van der Waals surface area contributed by atoms with Gasteiger partial charge in [0, 0.05) is 6.04 Å². The van der Waals surface area contributed by atoms with E-state index in [-0.39, 0.29) is 6.04 Å². The van der Waals surface area contributed by atoms with E-state index in [0.29, 0.717) is 0 Å². The van der Waals surface area contributed by atoms with Crippen molar-refractivity contribution in [3.8, 4) is 0 Å². The highest BCUT2D eigenvalue weighted by Gasteiger charge is 2.21. The molecule has 0 saturated heterocycles. The first-order valence-electron chi connectivity index (χ1n) is 5.11. The summed E-state index contributed by atoms with van der Waals surface area (Å²) in [6.45, 7) is 0. The number of hydrogen-bond donors (Lipinski definition) is 1. The van der Waals surface area contributed by atoms with E-state index >= 15 is 0 Å². The first-order valence-corrected chi connectivity index (χ1v) is 7.00. The summed E-state index contributed by atoms with van der Waals surface area (Å²) in [5.41, 5.74) is 2.40. The average molecular weight is 225 g/mol. The molecule has 1 aromatic carbocycles. The zero-order valence-electron chi connectivity index (χ0n) is 8.73. The fraction of sp³-hybridized carbons (Fsp3) is 0.455. The first-order chi connectivity index (χ1) is 7.06. The van der Waals surface area contributed by atoms with Gasteiger partial charge in [0.05, 0.1) is 6.26 Å². The number of rotatable bonds is 2. The highest BCUT2D eigenvalue weighted by Crippen LogP contribution is 2.29. The Labute approximate surface area is 90.6 Å². The van der Waals surface area contributed by atoms with Gasteiger partial charge in [-0.15, -0.1) is 0 Å². The molecule has 1 aromatic rings. The average Bonchev–Trinajstić information content (AvgIpc) is 2.16. The standard InChI is InChI=1S/C11H15NO2S/c1-15(13,14)12-11-8-4-6-9-5-2-3-7-10(9)11/h2-3,5,7,11-12H,4,6,8H2,1H3/t11-/m1/s1. The third-order valence-electron chi connectivity index (χ3n) is 2.73. The van der Waals surface area contributed by atoms with Gasteiger partial charge < -0.3 is 0 Å². The van der Waals surface area contributed by atoms with Crippen LogP contribution in [0, 0.1) is 0 Å². The summed E-state index contributed by atoms with van der Waals surface area (Å²) in [6.07, 6.45) is 4.20. The van der Waals surface area contributed by atoms with Gasteiger partial charge in [-0.25, -0.2) is 13.1 Å². The van der Waals surface area contributed by atoms with Crippen molar-refractivity contribution in [2.75, 3.05) is 6.26 Å². The van der Waals surface area contributed by atoms with Gasteiger partial charge in [-0.1, -0.05) is 24.3 Å². The molecule has 0 unspecified atom stereocenters. The summed E-state index contributed by atoms with van der Waals surface area (Å²) in [5.74, 6) is 0. The van der Waals surface area contributed by atoms with Gasteiger partial charge in [-0.05, 0) is 30.4 Å². The van der Waals surface area contributed by atoms with Crippen LogP contribution >= 0.6 is 0 Å². The predicted molar refractivity (Wildman–Crippen MR) is 60.1 cm³/mol. The van der Waals surface area contributed by atoms with Gasteiger partial charge in [-0.3, -0.25) is 0 Å². The maximum absolute atomic E-state index is 11.2. The molecule has 0 amide bonds. The number of hydrogen-bond acceptors (Lipinski definition) is 2. The monoisotopic (exact) mass is 225 g/mol. The topological polar surface area (TPSA) is 46.2 Å². The van der Waals surface area contributed by atoms with Gasteiger partial charge in [0.1, 0.15) is 0 Å². The molecule has 3 nitrogen and oxygen atoms in total. The van der Waals surface area contributed by atoms with E-state index in [1.807, 2.05) is 18.2 Å². The fourth-order valence-electron chi connectivity index (χ4n) is 2.13. The SMILES string of the molecule is CS(=O)(=O)N[C@@H]1CCCc2ccccc21. The third kappa shape index (κ3) is 2.58. The maximum Gasteiger partial charge on any atom is 0.209 e. The van der Waals surface area contributed by atoms with Crippen LogP contribution in [0.5, 0.6) is 0 Å². The van der Waals surface area contributed by atoms with Crippen LogP contribution in [0.2, 0.25) is 0 Å². The zero-order chi connectivity index (χ0) is 10.9. The van der Waals surface area contributed by atoms with E-state index in [1.54, 1.807) is 0 Å². The zero-order valence-corrected chi connectivity index (χ0v) is 9.55. The Hall–Kier alpha value is -0.870. The normalized spacial score (nSPS) is 21.0. The minimum atomic E-state index is -3.12. The molecule has 0 saturated carbocycles. The molecule has 82 valence electrons. The van der Waals surface area contributed by atoms with Crippen molar-refractivity contribution in [1.82, 2.24) is 4.72 Å². The number of sulfonamides is 1. The summed E-state index contributed by atoms with van der Waals surface area (Å²) in [4.78, 5) is 0. The highest BCUT2D eigenvalue weighted by atomic mass is 32.2. The Kier molecular flexibility index (Phi) is 2.80. The molecule has 0 spiro atoms. The molecule has 1 aliphatic rings. The molecule has 2 rings (SSSR count). The van der Waals surface area contributed by atoms with Crippen LogP contribution in [-0.2, 0) is 16.4 Å². The lowest BCUT2D eigenvalue weighted by molar-refractivity contribution is 0.510. The number of nitrogens with one attached hydrogen (secondary N) is 1. The fourth-order valence-corrected chi connectivity index (χ4v) is 2.90. The molecular weight excluding hydrogens is 210 g/mol. The number of benzene rings is 1. The van der Waals surface area contributed by atoms with Crippen LogP contribution in [0.15, 0.2) is 24.3 Å². The van der Waals surface area contributed by atoms with Crippen molar-refractivity contribution in [2.45, 2.75) is 25.3 Å². The molecule has 0 radical (unpaired) electrons. The van der Waals surface area contributed by atoms with Gasteiger partial charge in [0.2, 0.25) is 10.0 Å². The quantitative estimate of drug-likeness (QED) is 0.831. The lowest BCUT2D eigenvalue weighted by Gasteiger charge is -2.25. The molecule has 0 heterocycles. The lowest BCUT2D eigenvalue weighted by atomic mass is 9.88. The second-order valence-corrected chi connectivity index (χ2v) is 5.81. The second kappa shape index (κ2) is 3.94. The number of fused-ring (bicyclic) bond motifs is 1. The van der Waals surface area contributed by atoms with Crippen LogP contribution < -0.4 is 4.72 Å². The van der Waals surface area contributed by atoms with Gasteiger partial charge in [0.25, 0.3) is 0 Å². The van der Waals surface area contributed by atoms with Crippen LogP contribution in [0.3, 0.4) is 0 Å². The van der Waals surface area contributed by atoms with E-state index in [1.165, 1.54) is 11.8 Å². The van der Waals surface area contributed by atoms with Crippen molar-refractivity contribution in [2.24, 2.45) is 0 Å². The van der Waals surface area contributed by atoms with E-state index in [2.05, 4.69) is 10.8 Å². The molecule has 0 aromatic heterocycles. The molecule has 15 heavy (non-hydrogen) atoms. The molecule has 0 fully saturated rings. The number of aryl methyl sites for hydroxylation is 1.